The zero-order valence-electron chi connectivity index (χ0n) is 14.7. The Morgan fingerprint density at radius 2 is 1.60 bits per heavy atom. The van der Waals surface area contributed by atoms with Crippen LogP contribution < -0.4 is 14.8 Å². The monoisotopic (exact) mass is 343 g/mol. The summed E-state index contributed by atoms with van der Waals surface area (Å²) < 4.78 is 15.2. The highest BCUT2D eigenvalue weighted by Gasteiger charge is 2.15. The van der Waals surface area contributed by atoms with Crippen LogP contribution in [0.1, 0.15) is 39.2 Å². The highest BCUT2D eigenvalue weighted by molar-refractivity contribution is 5.98. The van der Waals surface area contributed by atoms with E-state index in [1.54, 1.807) is 38.5 Å². The average molecular weight is 343 g/mol. The summed E-state index contributed by atoms with van der Waals surface area (Å²) in [5.41, 5.74) is 1.58. The lowest BCUT2D eigenvalue weighted by Gasteiger charge is -2.17. The van der Waals surface area contributed by atoms with Crippen molar-refractivity contribution in [3.8, 4) is 11.5 Å². The van der Waals surface area contributed by atoms with E-state index in [1.807, 2.05) is 19.1 Å². The number of carbonyl (C=O) groups is 2. The Bertz CT molecular complexity index is 772. The molecule has 6 heteroatoms. The molecular weight excluding hydrogens is 322 g/mol. The number of carbonyl (C=O) groups excluding carboxylic acids is 2. The summed E-state index contributed by atoms with van der Waals surface area (Å²) in [4.78, 5) is 24.0. The van der Waals surface area contributed by atoms with Gasteiger partial charge in [0.15, 0.2) is 11.5 Å². The highest BCUT2D eigenvalue weighted by atomic mass is 16.5. The van der Waals surface area contributed by atoms with Crippen LogP contribution in [0.25, 0.3) is 0 Å². The van der Waals surface area contributed by atoms with Gasteiger partial charge in [0.05, 0.1) is 32.9 Å². The molecule has 0 aliphatic carbocycles. The third-order valence-corrected chi connectivity index (χ3v) is 3.80. The molecule has 0 saturated heterocycles. The Balaban J connectivity index is 2.16. The second-order valence-corrected chi connectivity index (χ2v) is 5.38. The smallest absolute Gasteiger partial charge is 0.337 e. The molecule has 0 heterocycles. The molecule has 0 aliphatic rings. The summed E-state index contributed by atoms with van der Waals surface area (Å²) in [7, 11) is 4.43. The van der Waals surface area contributed by atoms with E-state index < -0.39 is 5.97 Å². The van der Waals surface area contributed by atoms with Crippen molar-refractivity contribution in [3.05, 3.63) is 59.2 Å². The maximum absolute atomic E-state index is 12.4. The van der Waals surface area contributed by atoms with E-state index in [0.717, 1.165) is 5.56 Å². The first-order valence-corrected chi connectivity index (χ1v) is 7.71. The lowest BCUT2D eigenvalue weighted by atomic mass is 10.1. The largest absolute Gasteiger partial charge is 0.493 e. The standard InChI is InChI=1S/C19H21NO5/c1-12(13-8-9-16(23-2)17(11-13)24-3)20-18(21)14-6-5-7-15(10-14)19(22)25-4/h5-12H,1-4H3,(H,20,21). The summed E-state index contributed by atoms with van der Waals surface area (Å²) in [6, 6.07) is 11.6. The maximum atomic E-state index is 12.4. The van der Waals surface area contributed by atoms with E-state index in [-0.39, 0.29) is 11.9 Å². The molecule has 132 valence electrons. The minimum atomic E-state index is -0.484. The molecular formula is C19H21NO5. The van der Waals surface area contributed by atoms with Gasteiger partial charge in [0, 0.05) is 5.56 Å². The molecule has 6 nitrogen and oxygen atoms in total. The minimum absolute atomic E-state index is 0.255. The molecule has 2 aromatic carbocycles. The van der Waals surface area contributed by atoms with E-state index in [0.29, 0.717) is 22.6 Å². The number of methoxy groups -OCH3 is 3. The fourth-order valence-electron chi connectivity index (χ4n) is 2.39. The van der Waals surface area contributed by atoms with Crippen LogP contribution in [0, 0.1) is 0 Å². The van der Waals surface area contributed by atoms with Gasteiger partial charge >= 0.3 is 5.97 Å². The fraction of sp³-hybridized carbons (Fsp3) is 0.263. The van der Waals surface area contributed by atoms with Crippen LogP contribution >= 0.6 is 0 Å². The molecule has 25 heavy (non-hydrogen) atoms. The lowest BCUT2D eigenvalue weighted by Crippen LogP contribution is -2.26. The van der Waals surface area contributed by atoms with Crippen molar-refractivity contribution in [1.82, 2.24) is 5.32 Å². The molecule has 0 spiro atoms. The Morgan fingerprint density at radius 1 is 0.920 bits per heavy atom. The van der Waals surface area contributed by atoms with Gasteiger partial charge in [0.1, 0.15) is 0 Å². The predicted molar refractivity (Wildman–Crippen MR) is 93.2 cm³/mol. The van der Waals surface area contributed by atoms with Gasteiger partial charge in [0.2, 0.25) is 0 Å². The number of esters is 1. The molecule has 2 aromatic rings. The van der Waals surface area contributed by atoms with E-state index in [1.165, 1.54) is 13.2 Å². The molecule has 0 bridgehead atoms. The number of hydrogen-bond acceptors (Lipinski definition) is 5. The number of rotatable bonds is 6. The SMILES string of the molecule is COC(=O)c1cccc(C(=O)NC(C)c2ccc(OC)c(OC)c2)c1. The molecule has 0 radical (unpaired) electrons. The van der Waals surface area contributed by atoms with Crippen LogP contribution in [0.15, 0.2) is 42.5 Å². The molecule has 0 fully saturated rings. The number of hydrogen-bond donors (Lipinski definition) is 1. The third-order valence-electron chi connectivity index (χ3n) is 3.80. The van der Waals surface area contributed by atoms with Crippen LogP contribution in [-0.2, 0) is 4.74 Å². The van der Waals surface area contributed by atoms with Gasteiger partial charge in [-0.15, -0.1) is 0 Å². The summed E-state index contributed by atoms with van der Waals surface area (Å²) in [6.07, 6.45) is 0. The van der Waals surface area contributed by atoms with Crippen molar-refractivity contribution >= 4 is 11.9 Å². The van der Waals surface area contributed by atoms with Crippen molar-refractivity contribution in [2.24, 2.45) is 0 Å². The summed E-state index contributed by atoms with van der Waals surface area (Å²) in [5.74, 6) is 0.444. The van der Waals surface area contributed by atoms with Crippen LogP contribution in [0.4, 0.5) is 0 Å². The molecule has 0 aliphatic heterocycles. The first-order valence-electron chi connectivity index (χ1n) is 7.71. The summed E-state index contributed by atoms with van der Waals surface area (Å²) in [6.45, 7) is 1.86. The van der Waals surface area contributed by atoms with E-state index in [4.69, 9.17) is 9.47 Å². The number of nitrogens with one attached hydrogen (secondary N) is 1. The Morgan fingerprint density at radius 3 is 2.24 bits per heavy atom. The van der Waals surface area contributed by atoms with Crippen molar-refractivity contribution in [3.63, 3.8) is 0 Å². The summed E-state index contributed by atoms with van der Waals surface area (Å²) in [5, 5.41) is 2.90. The Hall–Kier alpha value is -3.02. The molecule has 1 unspecified atom stereocenters. The summed E-state index contributed by atoms with van der Waals surface area (Å²) >= 11 is 0. The number of ether oxygens (including phenoxy) is 3. The first kappa shape index (κ1) is 18.3. The van der Waals surface area contributed by atoms with Crippen LogP contribution in [-0.4, -0.2) is 33.2 Å². The zero-order valence-corrected chi connectivity index (χ0v) is 14.7. The number of benzene rings is 2. The Labute approximate surface area is 146 Å². The molecule has 0 saturated carbocycles. The molecule has 0 aromatic heterocycles. The second kappa shape index (κ2) is 8.19. The first-order chi connectivity index (χ1) is 12.0. The maximum Gasteiger partial charge on any atom is 0.337 e. The van der Waals surface area contributed by atoms with Crippen molar-refractivity contribution in [2.45, 2.75) is 13.0 Å². The quantitative estimate of drug-likeness (QED) is 0.816. The second-order valence-electron chi connectivity index (χ2n) is 5.38. The van der Waals surface area contributed by atoms with E-state index >= 15 is 0 Å². The van der Waals surface area contributed by atoms with Crippen LogP contribution in [0.5, 0.6) is 11.5 Å². The van der Waals surface area contributed by atoms with Crippen molar-refractivity contribution in [1.29, 1.82) is 0 Å². The molecule has 1 amide bonds. The molecule has 2 rings (SSSR count). The van der Waals surface area contributed by atoms with Gasteiger partial charge in [-0.05, 0) is 42.8 Å². The van der Waals surface area contributed by atoms with Gasteiger partial charge in [-0.25, -0.2) is 4.79 Å². The van der Waals surface area contributed by atoms with Crippen LogP contribution in [0.2, 0.25) is 0 Å². The van der Waals surface area contributed by atoms with E-state index in [9.17, 15) is 9.59 Å². The molecule has 1 N–H and O–H groups in total. The van der Waals surface area contributed by atoms with Crippen molar-refractivity contribution < 1.29 is 23.8 Å². The van der Waals surface area contributed by atoms with Gasteiger partial charge in [0.25, 0.3) is 5.91 Å². The molecule has 1 atom stereocenters. The average Bonchev–Trinajstić information content (AvgIpc) is 2.66. The van der Waals surface area contributed by atoms with Crippen molar-refractivity contribution in [2.75, 3.05) is 21.3 Å². The Kier molecular flexibility index (Phi) is 6.00. The van der Waals surface area contributed by atoms with Gasteiger partial charge in [-0.2, -0.15) is 0 Å². The third kappa shape index (κ3) is 4.29. The van der Waals surface area contributed by atoms with Crippen LogP contribution in [0.3, 0.4) is 0 Å². The predicted octanol–water partition coefficient (Wildman–Crippen LogP) is 2.98. The number of amides is 1. The van der Waals surface area contributed by atoms with E-state index in [2.05, 4.69) is 10.1 Å². The van der Waals surface area contributed by atoms with Gasteiger partial charge < -0.3 is 19.5 Å². The minimum Gasteiger partial charge on any atom is -0.493 e. The normalized spacial score (nSPS) is 11.4. The van der Waals surface area contributed by atoms with Gasteiger partial charge in [-0.1, -0.05) is 12.1 Å². The fourth-order valence-corrected chi connectivity index (χ4v) is 2.39. The lowest BCUT2D eigenvalue weighted by molar-refractivity contribution is 0.0600. The highest BCUT2D eigenvalue weighted by Crippen LogP contribution is 2.29. The zero-order chi connectivity index (χ0) is 18.4. The van der Waals surface area contributed by atoms with Gasteiger partial charge in [-0.3, -0.25) is 4.79 Å². The topological polar surface area (TPSA) is 73.9 Å².